The summed E-state index contributed by atoms with van der Waals surface area (Å²) in [5.41, 5.74) is 4.22. The summed E-state index contributed by atoms with van der Waals surface area (Å²) in [6, 6.07) is 8.61. The third kappa shape index (κ3) is 3.26. The molecule has 5 heterocycles. The second-order valence-corrected chi connectivity index (χ2v) is 9.46. The predicted molar refractivity (Wildman–Crippen MR) is 127 cm³/mol. The summed E-state index contributed by atoms with van der Waals surface area (Å²) in [5.74, 6) is 2.48. The van der Waals surface area contributed by atoms with Crippen LogP contribution in [0.4, 0.5) is 5.69 Å². The van der Waals surface area contributed by atoms with Gasteiger partial charge in [-0.2, -0.15) is 10.1 Å². The fraction of sp³-hybridized carbons (Fsp3) is 0.333. The van der Waals surface area contributed by atoms with E-state index in [1.165, 1.54) is 22.1 Å². The normalized spacial score (nSPS) is 21.1. The Morgan fingerprint density at radius 3 is 2.71 bits per heavy atom. The number of benzene rings is 1. The van der Waals surface area contributed by atoms with Crippen molar-refractivity contribution in [2.24, 2.45) is 25.9 Å². The van der Waals surface area contributed by atoms with Gasteiger partial charge in [-0.3, -0.25) is 14.0 Å². The van der Waals surface area contributed by atoms with Crippen LogP contribution in [-0.2, 0) is 20.6 Å². The van der Waals surface area contributed by atoms with E-state index in [0.717, 1.165) is 24.5 Å². The number of imidazole rings is 1. The summed E-state index contributed by atoms with van der Waals surface area (Å²) >= 11 is 0. The summed E-state index contributed by atoms with van der Waals surface area (Å²) in [5, 5.41) is 8.53. The largest absolute Gasteiger partial charge is 0.371 e. The number of aromatic nitrogens is 8. The van der Waals surface area contributed by atoms with E-state index in [2.05, 4.69) is 54.4 Å². The van der Waals surface area contributed by atoms with E-state index in [-0.39, 0.29) is 12.1 Å². The van der Waals surface area contributed by atoms with Gasteiger partial charge < -0.3 is 14.0 Å². The average molecular weight is 470 g/mol. The molecule has 1 aliphatic heterocycles. The highest BCUT2D eigenvalue weighted by Gasteiger charge is 2.58. The molecule has 1 saturated heterocycles. The zero-order chi connectivity index (χ0) is 23.7. The van der Waals surface area contributed by atoms with Crippen molar-refractivity contribution >= 4 is 16.9 Å². The second-order valence-electron chi connectivity index (χ2n) is 9.46. The standard InChI is InChI=1S/C24H23N9O2/c1-30-12-25-23-21(30)24(34)33(13-26-23)11-19-28-22(29-35-19)20-17-9-32(10-18(17)20)16-5-3-4-14(6-16)15-7-27-31(2)8-15/h3-8,12-13,17-18,20H,9-11H2,1-2H3/t17-,18+,20+. The monoisotopic (exact) mass is 469 g/mol. The molecule has 5 aromatic rings. The van der Waals surface area contributed by atoms with Crippen molar-refractivity contribution in [2.45, 2.75) is 12.5 Å². The first-order valence-electron chi connectivity index (χ1n) is 11.6. The quantitative estimate of drug-likeness (QED) is 0.383. The number of hydrogen-bond donors (Lipinski definition) is 0. The van der Waals surface area contributed by atoms with Crippen molar-refractivity contribution in [2.75, 3.05) is 18.0 Å². The van der Waals surface area contributed by atoms with Crippen LogP contribution in [0.2, 0.25) is 0 Å². The Morgan fingerprint density at radius 2 is 1.91 bits per heavy atom. The van der Waals surface area contributed by atoms with Crippen LogP contribution < -0.4 is 10.5 Å². The van der Waals surface area contributed by atoms with E-state index in [9.17, 15) is 4.79 Å². The van der Waals surface area contributed by atoms with Gasteiger partial charge in [0.05, 0.1) is 12.5 Å². The van der Waals surface area contributed by atoms with Gasteiger partial charge in [0.1, 0.15) is 12.9 Å². The number of piperidine rings is 1. The van der Waals surface area contributed by atoms with Crippen molar-refractivity contribution < 1.29 is 4.52 Å². The molecule has 0 bridgehead atoms. The molecule has 0 N–H and O–H groups in total. The Hall–Kier alpha value is -4.28. The summed E-state index contributed by atoms with van der Waals surface area (Å²) in [7, 11) is 3.71. The highest BCUT2D eigenvalue weighted by Crippen LogP contribution is 2.58. The molecule has 35 heavy (non-hydrogen) atoms. The Labute approximate surface area is 199 Å². The molecule has 7 rings (SSSR count). The number of hydrogen-bond acceptors (Lipinski definition) is 8. The van der Waals surface area contributed by atoms with E-state index in [0.29, 0.717) is 34.8 Å². The van der Waals surface area contributed by atoms with E-state index < -0.39 is 0 Å². The molecule has 0 unspecified atom stereocenters. The molecule has 11 heteroatoms. The third-order valence-electron chi connectivity index (χ3n) is 7.23. The van der Waals surface area contributed by atoms with Crippen molar-refractivity contribution in [1.82, 2.24) is 39.0 Å². The SMILES string of the molecule is Cn1cc(-c2cccc(N3C[C@@H]4[C@H](C3)[C@H]4c3noc(Cn4cnc5ncn(C)c5c4=O)n3)c2)cn1. The Bertz CT molecular complexity index is 1620. The number of rotatable bonds is 5. The predicted octanol–water partition coefficient (Wildman–Crippen LogP) is 1.81. The van der Waals surface area contributed by atoms with Gasteiger partial charge in [0.15, 0.2) is 17.0 Å². The summed E-state index contributed by atoms with van der Waals surface area (Å²) < 4.78 is 10.5. The molecule has 11 nitrogen and oxygen atoms in total. The van der Waals surface area contributed by atoms with Crippen LogP contribution in [0.25, 0.3) is 22.3 Å². The minimum absolute atomic E-state index is 0.179. The maximum absolute atomic E-state index is 12.8. The van der Waals surface area contributed by atoms with Crippen LogP contribution >= 0.6 is 0 Å². The fourth-order valence-corrected chi connectivity index (χ4v) is 5.37. The first-order chi connectivity index (χ1) is 17.0. The zero-order valence-electron chi connectivity index (χ0n) is 19.3. The summed E-state index contributed by atoms with van der Waals surface area (Å²) in [4.78, 5) is 28.2. The van der Waals surface area contributed by atoms with E-state index >= 15 is 0 Å². The van der Waals surface area contributed by atoms with Crippen LogP contribution in [-0.4, -0.2) is 52.1 Å². The van der Waals surface area contributed by atoms with Gasteiger partial charge in [0.25, 0.3) is 5.56 Å². The van der Waals surface area contributed by atoms with Gasteiger partial charge in [-0.15, -0.1) is 0 Å². The number of fused-ring (bicyclic) bond motifs is 2. The highest BCUT2D eigenvalue weighted by atomic mass is 16.5. The summed E-state index contributed by atoms with van der Waals surface area (Å²) in [6.45, 7) is 2.13. The Morgan fingerprint density at radius 1 is 1.09 bits per heavy atom. The van der Waals surface area contributed by atoms with E-state index in [1.54, 1.807) is 17.9 Å². The average Bonchev–Trinajstić information content (AvgIpc) is 3.43. The molecular weight excluding hydrogens is 446 g/mol. The Balaban J connectivity index is 1.04. The van der Waals surface area contributed by atoms with E-state index in [4.69, 9.17) is 4.52 Å². The van der Waals surface area contributed by atoms with Crippen molar-refractivity contribution in [3.05, 3.63) is 71.4 Å². The van der Waals surface area contributed by atoms with Crippen LogP contribution in [0.5, 0.6) is 0 Å². The van der Waals surface area contributed by atoms with Crippen LogP contribution in [0.15, 0.2) is 58.6 Å². The second kappa shape index (κ2) is 7.36. The molecule has 4 aromatic heterocycles. The molecule has 2 fully saturated rings. The maximum Gasteiger partial charge on any atom is 0.280 e. The van der Waals surface area contributed by atoms with Crippen molar-refractivity contribution in [3.63, 3.8) is 0 Å². The number of aryl methyl sites for hydroxylation is 2. The van der Waals surface area contributed by atoms with Gasteiger partial charge in [0.2, 0.25) is 5.89 Å². The molecule has 0 radical (unpaired) electrons. The van der Waals surface area contributed by atoms with Gasteiger partial charge in [-0.1, -0.05) is 17.3 Å². The zero-order valence-corrected chi connectivity index (χ0v) is 19.3. The minimum Gasteiger partial charge on any atom is -0.371 e. The molecule has 0 amide bonds. The molecule has 1 saturated carbocycles. The summed E-state index contributed by atoms with van der Waals surface area (Å²) in [6.07, 6.45) is 6.98. The molecule has 3 atom stereocenters. The molecular formula is C24H23N9O2. The van der Waals surface area contributed by atoms with Gasteiger partial charge in [0, 0.05) is 50.6 Å². The topological polar surface area (TPSA) is 113 Å². The molecule has 1 aliphatic carbocycles. The van der Waals surface area contributed by atoms with Crippen molar-refractivity contribution in [3.8, 4) is 11.1 Å². The van der Waals surface area contributed by atoms with E-state index in [1.807, 2.05) is 24.1 Å². The van der Waals surface area contributed by atoms with Gasteiger partial charge in [-0.25, -0.2) is 9.97 Å². The lowest BCUT2D eigenvalue weighted by molar-refractivity contribution is 0.363. The minimum atomic E-state index is -0.179. The first kappa shape index (κ1) is 20.1. The molecule has 0 spiro atoms. The Kier molecular flexibility index (Phi) is 4.23. The lowest BCUT2D eigenvalue weighted by Gasteiger charge is -2.22. The van der Waals surface area contributed by atoms with Crippen molar-refractivity contribution in [1.29, 1.82) is 0 Å². The molecule has 176 valence electrons. The molecule has 1 aromatic carbocycles. The number of anilines is 1. The number of nitrogens with zero attached hydrogens (tertiary/aromatic N) is 9. The highest BCUT2D eigenvalue weighted by molar-refractivity contribution is 5.69. The first-order valence-corrected chi connectivity index (χ1v) is 11.6. The lowest BCUT2D eigenvalue weighted by atomic mass is 10.1. The van der Waals surface area contributed by atoms with Crippen LogP contribution in [0, 0.1) is 11.8 Å². The van der Waals surface area contributed by atoms with Crippen LogP contribution in [0.1, 0.15) is 17.6 Å². The van der Waals surface area contributed by atoms with Crippen LogP contribution in [0.3, 0.4) is 0 Å². The fourth-order valence-electron chi connectivity index (χ4n) is 5.37. The molecule has 2 aliphatic rings. The smallest absolute Gasteiger partial charge is 0.280 e. The maximum atomic E-state index is 12.8. The van der Waals surface area contributed by atoms with Gasteiger partial charge >= 0.3 is 0 Å². The van der Waals surface area contributed by atoms with Gasteiger partial charge in [-0.05, 0) is 29.5 Å². The lowest BCUT2D eigenvalue weighted by Crippen LogP contribution is -2.23. The third-order valence-corrected chi connectivity index (χ3v) is 7.23.